The quantitative estimate of drug-likeness (QED) is 0.202. The van der Waals surface area contributed by atoms with Gasteiger partial charge in [-0.2, -0.15) is 0 Å². The number of rotatable bonds is 18. The van der Waals surface area contributed by atoms with Crippen LogP contribution in [0.4, 0.5) is 0 Å². The Morgan fingerprint density at radius 2 is 1.35 bits per heavy atom. The summed E-state index contributed by atoms with van der Waals surface area (Å²) in [7, 11) is 0. The Labute approximate surface area is 163 Å². The van der Waals surface area contributed by atoms with Crippen LogP contribution in [-0.2, 0) is 4.79 Å². The van der Waals surface area contributed by atoms with E-state index in [1.165, 1.54) is 57.8 Å². The lowest BCUT2D eigenvalue weighted by atomic mass is 10.1. The van der Waals surface area contributed by atoms with Crippen molar-refractivity contribution in [3.8, 4) is 0 Å². The maximum Gasteiger partial charge on any atom is 0.219 e. The fourth-order valence-corrected chi connectivity index (χ4v) is 2.80. The zero-order chi connectivity index (χ0) is 19.1. The van der Waals surface area contributed by atoms with E-state index in [-0.39, 0.29) is 5.91 Å². The average molecular weight is 362 g/mol. The van der Waals surface area contributed by atoms with Crippen molar-refractivity contribution in [2.24, 2.45) is 0 Å². The van der Waals surface area contributed by atoms with Gasteiger partial charge in [0.15, 0.2) is 0 Å². The number of nitrogens with one attached hydrogen (secondary N) is 1. The Balaban J connectivity index is 3.27. The van der Waals surface area contributed by atoms with Gasteiger partial charge in [0.2, 0.25) is 5.91 Å². The highest BCUT2D eigenvalue weighted by Gasteiger charge is 1.99. The largest absolute Gasteiger partial charge is 0.356 e. The van der Waals surface area contributed by atoms with E-state index < -0.39 is 0 Å². The monoisotopic (exact) mass is 361 g/mol. The molecule has 150 valence electrons. The summed E-state index contributed by atoms with van der Waals surface area (Å²) >= 11 is 0. The number of unbranched alkanes of at least 4 members (excludes halogenated alkanes) is 9. The minimum atomic E-state index is 0.219. The zero-order valence-corrected chi connectivity index (χ0v) is 17.5. The average Bonchev–Trinajstić information content (AvgIpc) is 2.64. The first-order valence-electron chi connectivity index (χ1n) is 11.0. The molecule has 26 heavy (non-hydrogen) atoms. The molecule has 0 aromatic heterocycles. The maximum absolute atomic E-state index is 11.7. The molecule has 0 heterocycles. The predicted octanol–water partition coefficient (Wildman–Crippen LogP) is 7.27. The smallest absolute Gasteiger partial charge is 0.219 e. The van der Waals surface area contributed by atoms with Crippen LogP contribution in [0.1, 0.15) is 104 Å². The first-order chi connectivity index (χ1) is 12.8. The van der Waals surface area contributed by atoms with Crippen LogP contribution in [0.15, 0.2) is 36.5 Å². The van der Waals surface area contributed by atoms with E-state index in [9.17, 15) is 4.79 Å². The molecule has 0 radical (unpaired) electrons. The number of carbonyl (C=O) groups is 1. The molecule has 0 spiro atoms. The fourth-order valence-electron chi connectivity index (χ4n) is 2.80. The summed E-state index contributed by atoms with van der Waals surface area (Å²) in [6.45, 7) is 5.09. The lowest BCUT2D eigenvalue weighted by Crippen LogP contribution is -2.23. The standard InChI is InChI=1S/C24H43NO/c1-3-5-7-9-10-11-12-13-14-15-16-17-18-19-20-22-24(26)25-23-21-8-6-4-2/h4,6,10-11,13-14H,3,5,7-9,12,15-23H2,1-2H3,(H,25,26)/b6-4?,11-10-,14-13-. The van der Waals surface area contributed by atoms with Gasteiger partial charge < -0.3 is 5.32 Å². The van der Waals surface area contributed by atoms with Crippen LogP contribution in [0.2, 0.25) is 0 Å². The van der Waals surface area contributed by atoms with Gasteiger partial charge in [0.05, 0.1) is 0 Å². The third-order valence-electron chi connectivity index (χ3n) is 4.46. The fraction of sp³-hybridized carbons (Fsp3) is 0.708. The Hall–Kier alpha value is -1.31. The van der Waals surface area contributed by atoms with Crippen molar-refractivity contribution in [2.45, 2.75) is 104 Å². The molecular formula is C24H43NO. The highest BCUT2D eigenvalue weighted by molar-refractivity contribution is 5.75. The van der Waals surface area contributed by atoms with Crippen LogP contribution in [0.25, 0.3) is 0 Å². The maximum atomic E-state index is 11.7. The number of amides is 1. The molecule has 0 aromatic rings. The van der Waals surface area contributed by atoms with Crippen molar-refractivity contribution >= 4 is 5.91 Å². The highest BCUT2D eigenvalue weighted by atomic mass is 16.1. The summed E-state index contributed by atoms with van der Waals surface area (Å²) in [6, 6.07) is 0. The molecule has 0 saturated carbocycles. The van der Waals surface area contributed by atoms with E-state index in [2.05, 4.69) is 48.7 Å². The lowest BCUT2D eigenvalue weighted by Gasteiger charge is -2.04. The molecule has 2 heteroatoms. The van der Waals surface area contributed by atoms with Crippen molar-refractivity contribution < 1.29 is 4.79 Å². The van der Waals surface area contributed by atoms with Gasteiger partial charge in [-0.15, -0.1) is 0 Å². The normalized spacial score (nSPS) is 11.9. The van der Waals surface area contributed by atoms with Gasteiger partial charge >= 0.3 is 0 Å². The Kier molecular flexibility index (Phi) is 20.6. The molecule has 0 saturated heterocycles. The van der Waals surface area contributed by atoms with Gasteiger partial charge in [-0.3, -0.25) is 4.79 Å². The summed E-state index contributed by atoms with van der Waals surface area (Å²) in [6.07, 6.45) is 29.7. The summed E-state index contributed by atoms with van der Waals surface area (Å²) < 4.78 is 0. The van der Waals surface area contributed by atoms with Crippen molar-refractivity contribution in [3.05, 3.63) is 36.5 Å². The molecule has 1 N–H and O–H groups in total. The minimum Gasteiger partial charge on any atom is -0.356 e. The van der Waals surface area contributed by atoms with Crippen LogP contribution in [0.5, 0.6) is 0 Å². The van der Waals surface area contributed by atoms with Crippen molar-refractivity contribution in [3.63, 3.8) is 0 Å². The molecule has 0 aliphatic carbocycles. The van der Waals surface area contributed by atoms with E-state index in [1.54, 1.807) is 0 Å². The van der Waals surface area contributed by atoms with Crippen LogP contribution >= 0.6 is 0 Å². The van der Waals surface area contributed by atoms with E-state index in [1.807, 2.05) is 6.92 Å². The number of hydrogen-bond acceptors (Lipinski definition) is 1. The second-order valence-corrected chi connectivity index (χ2v) is 7.04. The van der Waals surface area contributed by atoms with Crippen LogP contribution < -0.4 is 5.32 Å². The summed E-state index contributed by atoms with van der Waals surface area (Å²) in [5, 5.41) is 3.00. The SMILES string of the molecule is CC=CCCCNC(=O)CCCCCCC/C=C\C/C=C\CCCCC. The van der Waals surface area contributed by atoms with E-state index in [0.717, 1.165) is 32.2 Å². The Morgan fingerprint density at radius 3 is 2.04 bits per heavy atom. The van der Waals surface area contributed by atoms with Crippen molar-refractivity contribution in [1.82, 2.24) is 5.32 Å². The van der Waals surface area contributed by atoms with E-state index in [0.29, 0.717) is 6.42 Å². The molecule has 2 nitrogen and oxygen atoms in total. The van der Waals surface area contributed by atoms with E-state index in [4.69, 9.17) is 0 Å². The Bertz CT molecular complexity index is 382. The first kappa shape index (κ1) is 24.7. The van der Waals surface area contributed by atoms with Gasteiger partial charge in [0.25, 0.3) is 0 Å². The van der Waals surface area contributed by atoms with Crippen molar-refractivity contribution in [2.75, 3.05) is 6.54 Å². The molecule has 0 aromatic carbocycles. The van der Waals surface area contributed by atoms with Crippen LogP contribution in [0, 0.1) is 0 Å². The van der Waals surface area contributed by atoms with Gasteiger partial charge in [-0.25, -0.2) is 0 Å². The second-order valence-electron chi connectivity index (χ2n) is 7.04. The predicted molar refractivity (Wildman–Crippen MR) is 116 cm³/mol. The molecule has 0 bridgehead atoms. The number of carbonyl (C=O) groups excluding carboxylic acids is 1. The third-order valence-corrected chi connectivity index (χ3v) is 4.46. The molecule has 0 fully saturated rings. The zero-order valence-electron chi connectivity index (χ0n) is 17.5. The molecule has 0 rings (SSSR count). The topological polar surface area (TPSA) is 29.1 Å². The summed E-state index contributed by atoms with van der Waals surface area (Å²) in [5.74, 6) is 0.219. The number of hydrogen-bond donors (Lipinski definition) is 1. The van der Waals surface area contributed by atoms with Crippen LogP contribution in [-0.4, -0.2) is 12.5 Å². The van der Waals surface area contributed by atoms with Gasteiger partial charge in [0.1, 0.15) is 0 Å². The van der Waals surface area contributed by atoms with Gasteiger partial charge in [-0.1, -0.05) is 75.5 Å². The molecule has 0 aliphatic rings. The van der Waals surface area contributed by atoms with Crippen LogP contribution in [0.3, 0.4) is 0 Å². The molecule has 1 amide bonds. The molecule has 0 atom stereocenters. The summed E-state index contributed by atoms with van der Waals surface area (Å²) in [4.78, 5) is 11.7. The third kappa shape index (κ3) is 20.7. The van der Waals surface area contributed by atoms with Gasteiger partial charge in [0, 0.05) is 13.0 Å². The molecule has 0 unspecified atom stereocenters. The van der Waals surface area contributed by atoms with Crippen molar-refractivity contribution in [1.29, 1.82) is 0 Å². The highest BCUT2D eigenvalue weighted by Crippen LogP contribution is 2.08. The Morgan fingerprint density at radius 1 is 0.731 bits per heavy atom. The summed E-state index contributed by atoms with van der Waals surface area (Å²) in [5.41, 5.74) is 0. The number of allylic oxidation sites excluding steroid dienone is 6. The molecular weight excluding hydrogens is 318 g/mol. The van der Waals surface area contributed by atoms with E-state index >= 15 is 0 Å². The minimum absolute atomic E-state index is 0.219. The second kappa shape index (κ2) is 21.7. The van der Waals surface area contributed by atoms with Gasteiger partial charge in [-0.05, 0) is 58.3 Å². The first-order valence-corrected chi connectivity index (χ1v) is 11.0. The lowest BCUT2D eigenvalue weighted by molar-refractivity contribution is -0.121. The molecule has 0 aliphatic heterocycles.